The van der Waals surface area contributed by atoms with E-state index in [2.05, 4.69) is 17.6 Å². The number of carbonyl (C=O) groups excluding carboxylic acids is 2. The van der Waals surface area contributed by atoms with Gasteiger partial charge in [-0.15, -0.1) is 11.8 Å². The van der Waals surface area contributed by atoms with Crippen LogP contribution in [0.5, 0.6) is 5.75 Å². The van der Waals surface area contributed by atoms with Crippen LogP contribution in [0.3, 0.4) is 0 Å². The molecule has 0 aliphatic rings. The standard InChI is InChI=1S/C28H30N2O3S/c1-3-4-20-33-25-15-11-24(12-16-25)30-28(32)21(2)34-26-17-13-23(14-18-26)29-27(31)19-10-22-8-6-5-7-9-22/h5-19,21H,3-4,20H2,1-2H3,(H,29,31)(H,30,32)/b19-10+. The molecule has 0 aliphatic carbocycles. The number of thioether (sulfide) groups is 1. The van der Waals surface area contributed by atoms with Gasteiger partial charge in [0.1, 0.15) is 5.75 Å². The summed E-state index contributed by atoms with van der Waals surface area (Å²) in [6, 6.07) is 24.5. The van der Waals surface area contributed by atoms with E-state index < -0.39 is 0 Å². The van der Waals surface area contributed by atoms with Crippen molar-refractivity contribution in [3.8, 4) is 5.75 Å². The van der Waals surface area contributed by atoms with Gasteiger partial charge >= 0.3 is 0 Å². The molecule has 2 N–H and O–H groups in total. The molecular formula is C28H30N2O3S. The van der Waals surface area contributed by atoms with Crippen molar-refractivity contribution in [1.29, 1.82) is 0 Å². The van der Waals surface area contributed by atoms with Crippen LogP contribution in [0.1, 0.15) is 32.3 Å². The van der Waals surface area contributed by atoms with Crippen LogP contribution < -0.4 is 15.4 Å². The van der Waals surface area contributed by atoms with Gasteiger partial charge in [-0.3, -0.25) is 9.59 Å². The van der Waals surface area contributed by atoms with Crippen LogP contribution in [0.25, 0.3) is 6.08 Å². The van der Waals surface area contributed by atoms with E-state index in [-0.39, 0.29) is 17.1 Å². The second-order valence-corrected chi connectivity index (χ2v) is 9.15. The molecule has 3 aromatic carbocycles. The number of anilines is 2. The Bertz CT molecular complexity index is 1080. The van der Waals surface area contributed by atoms with Gasteiger partial charge in [-0.2, -0.15) is 0 Å². The highest BCUT2D eigenvalue weighted by atomic mass is 32.2. The molecule has 6 heteroatoms. The Morgan fingerprint density at radius 2 is 1.56 bits per heavy atom. The first kappa shape index (κ1) is 25.1. The second kappa shape index (κ2) is 13.3. The van der Waals surface area contributed by atoms with Gasteiger partial charge in [-0.25, -0.2) is 0 Å². The van der Waals surface area contributed by atoms with E-state index in [0.717, 1.165) is 34.7 Å². The molecular weight excluding hydrogens is 444 g/mol. The molecule has 0 heterocycles. The molecule has 3 rings (SSSR count). The Morgan fingerprint density at radius 3 is 2.24 bits per heavy atom. The van der Waals surface area contributed by atoms with Gasteiger partial charge in [-0.05, 0) is 73.5 Å². The molecule has 3 aromatic rings. The molecule has 0 aliphatic heterocycles. The molecule has 1 atom stereocenters. The number of ether oxygens (including phenoxy) is 1. The van der Waals surface area contributed by atoms with Crippen LogP contribution >= 0.6 is 11.8 Å². The SMILES string of the molecule is CCCCOc1ccc(NC(=O)C(C)Sc2ccc(NC(=O)/C=C/c3ccccc3)cc2)cc1. The van der Waals surface area contributed by atoms with Gasteiger partial charge in [0.05, 0.1) is 11.9 Å². The number of carbonyl (C=O) groups is 2. The number of nitrogens with one attached hydrogen (secondary N) is 2. The molecule has 34 heavy (non-hydrogen) atoms. The predicted octanol–water partition coefficient (Wildman–Crippen LogP) is 6.64. The number of amides is 2. The highest BCUT2D eigenvalue weighted by molar-refractivity contribution is 8.00. The minimum Gasteiger partial charge on any atom is -0.494 e. The van der Waals surface area contributed by atoms with Gasteiger partial charge in [0.2, 0.25) is 11.8 Å². The van der Waals surface area contributed by atoms with E-state index in [4.69, 9.17) is 4.74 Å². The van der Waals surface area contributed by atoms with Gasteiger partial charge in [0.25, 0.3) is 0 Å². The zero-order chi connectivity index (χ0) is 24.2. The topological polar surface area (TPSA) is 67.4 Å². The smallest absolute Gasteiger partial charge is 0.248 e. The largest absolute Gasteiger partial charge is 0.494 e. The Labute approximate surface area is 205 Å². The van der Waals surface area contributed by atoms with Crippen molar-refractivity contribution in [2.45, 2.75) is 36.8 Å². The summed E-state index contributed by atoms with van der Waals surface area (Å²) in [4.78, 5) is 25.7. The summed E-state index contributed by atoms with van der Waals surface area (Å²) < 4.78 is 5.65. The minimum atomic E-state index is -0.283. The Hall–Kier alpha value is -3.51. The van der Waals surface area contributed by atoms with Crippen LogP contribution in [0.4, 0.5) is 11.4 Å². The minimum absolute atomic E-state index is 0.0759. The normalized spacial score (nSPS) is 11.7. The van der Waals surface area contributed by atoms with E-state index in [1.807, 2.05) is 85.8 Å². The summed E-state index contributed by atoms with van der Waals surface area (Å²) in [6.45, 7) is 4.69. The summed E-state index contributed by atoms with van der Waals surface area (Å²) in [6.07, 6.45) is 5.39. The second-order valence-electron chi connectivity index (χ2n) is 7.73. The quantitative estimate of drug-likeness (QED) is 0.186. The van der Waals surface area contributed by atoms with Crippen LogP contribution in [0.15, 0.2) is 89.8 Å². The van der Waals surface area contributed by atoms with Gasteiger partial charge in [-0.1, -0.05) is 43.7 Å². The van der Waals surface area contributed by atoms with Crippen molar-refractivity contribution in [2.24, 2.45) is 0 Å². The highest BCUT2D eigenvalue weighted by Crippen LogP contribution is 2.26. The maximum atomic E-state index is 12.6. The van der Waals surface area contributed by atoms with Crippen molar-refractivity contribution in [3.05, 3.63) is 90.5 Å². The summed E-state index contributed by atoms with van der Waals surface area (Å²) in [7, 11) is 0. The first-order valence-electron chi connectivity index (χ1n) is 11.4. The Kier molecular flexibility index (Phi) is 9.80. The third-order valence-electron chi connectivity index (χ3n) is 4.92. The van der Waals surface area contributed by atoms with E-state index in [1.165, 1.54) is 17.8 Å². The zero-order valence-corrected chi connectivity index (χ0v) is 20.3. The van der Waals surface area contributed by atoms with Crippen LogP contribution in [0, 0.1) is 0 Å². The predicted molar refractivity (Wildman–Crippen MR) is 141 cm³/mol. The number of hydrogen-bond donors (Lipinski definition) is 2. The number of rotatable bonds is 11. The van der Waals surface area contributed by atoms with Crippen molar-refractivity contribution < 1.29 is 14.3 Å². The van der Waals surface area contributed by atoms with Gasteiger partial charge in [0, 0.05) is 22.3 Å². The highest BCUT2D eigenvalue weighted by Gasteiger charge is 2.15. The average Bonchev–Trinajstić information content (AvgIpc) is 2.86. The Morgan fingerprint density at radius 1 is 0.912 bits per heavy atom. The number of hydrogen-bond acceptors (Lipinski definition) is 4. The first-order chi connectivity index (χ1) is 16.5. The molecule has 0 aromatic heterocycles. The fourth-order valence-corrected chi connectivity index (χ4v) is 3.87. The lowest BCUT2D eigenvalue weighted by atomic mass is 10.2. The molecule has 0 spiro atoms. The lowest BCUT2D eigenvalue weighted by molar-refractivity contribution is -0.115. The molecule has 1 unspecified atom stereocenters. The molecule has 0 saturated heterocycles. The van der Waals surface area contributed by atoms with Crippen molar-refractivity contribution in [1.82, 2.24) is 0 Å². The van der Waals surface area contributed by atoms with Gasteiger partial charge < -0.3 is 15.4 Å². The van der Waals surface area contributed by atoms with Crippen molar-refractivity contribution >= 4 is 41.0 Å². The van der Waals surface area contributed by atoms with E-state index >= 15 is 0 Å². The molecule has 176 valence electrons. The maximum absolute atomic E-state index is 12.6. The molecule has 0 radical (unpaired) electrons. The summed E-state index contributed by atoms with van der Waals surface area (Å²) in [5.74, 6) is 0.531. The van der Waals surface area contributed by atoms with Crippen LogP contribution in [-0.4, -0.2) is 23.7 Å². The van der Waals surface area contributed by atoms with Crippen molar-refractivity contribution in [3.63, 3.8) is 0 Å². The fraction of sp³-hybridized carbons (Fsp3) is 0.214. The average molecular weight is 475 g/mol. The molecule has 2 amide bonds. The maximum Gasteiger partial charge on any atom is 0.248 e. The summed E-state index contributed by atoms with van der Waals surface area (Å²) in [5, 5.41) is 5.50. The molecule has 0 bridgehead atoms. The van der Waals surface area contributed by atoms with E-state index in [1.54, 1.807) is 6.08 Å². The molecule has 0 fully saturated rings. The van der Waals surface area contributed by atoms with E-state index in [0.29, 0.717) is 12.3 Å². The third kappa shape index (κ3) is 8.45. The lowest BCUT2D eigenvalue weighted by Crippen LogP contribution is -2.22. The van der Waals surface area contributed by atoms with E-state index in [9.17, 15) is 9.59 Å². The van der Waals surface area contributed by atoms with Crippen molar-refractivity contribution in [2.75, 3.05) is 17.2 Å². The first-order valence-corrected chi connectivity index (χ1v) is 12.3. The monoisotopic (exact) mass is 474 g/mol. The fourth-order valence-electron chi connectivity index (χ4n) is 3.01. The molecule has 0 saturated carbocycles. The zero-order valence-electron chi connectivity index (χ0n) is 19.5. The molecule has 5 nitrogen and oxygen atoms in total. The summed E-state index contributed by atoms with van der Waals surface area (Å²) in [5.41, 5.74) is 2.40. The lowest BCUT2D eigenvalue weighted by Gasteiger charge is -2.13. The number of unbranched alkanes of at least 4 members (excludes halogenated alkanes) is 1. The Balaban J connectivity index is 1.46. The van der Waals surface area contributed by atoms with Crippen LogP contribution in [0.2, 0.25) is 0 Å². The third-order valence-corrected chi connectivity index (χ3v) is 6.03. The van der Waals surface area contributed by atoms with Gasteiger partial charge in [0.15, 0.2) is 0 Å². The summed E-state index contributed by atoms with van der Waals surface area (Å²) >= 11 is 1.46. The number of benzene rings is 3. The van der Waals surface area contributed by atoms with Crippen LogP contribution in [-0.2, 0) is 9.59 Å².